The van der Waals surface area contributed by atoms with E-state index in [2.05, 4.69) is 4.98 Å². The van der Waals surface area contributed by atoms with Crippen molar-refractivity contribution < 1.29 is 4.74 Å². The molecule has 1 aromatic heterocycles. The van der Waals surface area contributed by atoms with Gasteiger partial charge < -0.3 is 4.74 Å². The number of imidazole rings is 1. The second-order valence-corrected chi connectivity index (χ2v) is 2.45. The maximum Gasteiger partial charge on any atom is 0.217 e. The predicted molar refractivity (Wildman–Crippen MR) is 39.2 cm³/mol. The fourth-order valence-corrected chi connectivity index (χ4v) is 0.904. The molecule has 0 saturated heterocycles. The lowest BCUT2D eigenvalue weighted by Crippen LogP contribution is -1.85. The Labute approximate surface area is 68.6 Å². The smallest absolute Gasteiger partial charge is 0.217 e. The van der Waals surface area contributed by atoms with Gasteiger partial charge >= 0.3 is 0 Å². The topological polar surface area (TPSA) is 27.1 Å². The Morgan fingerprint density at radius 3 is 2.90 bits per heavy atom. The first-order valence-electron chi connectivity index (χ1n) is 2.63. The van der Waals surface area contributed by atoms with Crippen molar-refractivity contribution in [3.63, 3.8) is 0 Å². The zero-order valence-electron chi connectivity index (χ0n) is 5.34. The van der Waals surface area contributed by atoms with E-state index in [1.165, 1.54) is 4.09 Å². The summed E-state index contributed by atoms with van der Waals surface area (Å²) in [4.78, 5) is 3.87. The third-order valence-electron chi connectivity index (χ3n) is 0.967. The van der Waals surface area contributed by atoms with E-state index in [-0.39, 0.29) is 5.28 Å². The van der Waals surface area contributed by atoms with E-state index in [1.54, 1.807) is 13.3 Å². The molecule has 0 aliphatic carbocycles. The summed E-state index contributed by atoms with van der Waals surface area (Å²) in [6, 6.07) is 0. The van der Waals surface area contributed by atoms with Gasteiger partial charge in [0.2, 0.25) is 5.28 Å². The quantitative estimate of drug-likeness (QED) is 0.693. The molecular weight excluding hydrogens is 175 g/mol. The molecule has 1 rings (SSSR count). The minimum Gasteiger partial charge on any atom is -0.378 e. The molecule has 5 heteroatoms. The van der Waals surface area contributed by atoms with Crippen LogP contribution in [0, 0.1) is 0 Å². The molecule has 0 bridgehead atoms. The SMILES string of the molecule is COCc1cn(Cl)c(Cl)n1. The molecule has 10 heavy (non-hydrogen) atoms. The Bertz CT molecular complexity index is 204. The Kier molecular flexibility index (Phi) is 2.54. The van der Waals surface area contributed by atoms with E-state index < -0.39 is 0 Å². The summed E-state index contributed by atoms with van der Waals surface area (Å²) in [7, 11) is 1.58. The Balaban J connectivity index is 2.77. The molecule has 0 atom stereocenters. The lowest BCUT2D eigenvalue weighted by atomic mass is 10.5. The van der Waals surface area contributed by atoms with E-state index >= 15 is 0 Å². The van der Waals surface area contributed by atoms with Crippen molar-refractivity contribution in [1.29, 1.82) is 0 Å². The Morgan fingerprint density at radius 2 is 2.50 bits per heavy atom. The fraction of sp³-hybridized carbons (Fsp3) is 0.400. The number of hydrogen-bond acceptors (Lipinski definition) is 2. The standard InChI is InChI=1S/C5H6Cl2N2O/c1-10-3-4-2-9(7)5(6)8-4/h2H,3H2,1H3. The zero-order chi connectivity index (χ0) is 7.56. The molecule has 0 unspecified atom stereocenters. The van der Waals surface area contributed by atoms with E-state index in [4.69, 9.17) is 28.1 Å². The average Bonchev–Trinajstić information content (AvgIpc) is 2.14. The summed E-state index contributed by atoms with van der Waals surface area (Å²) in [6.45, 7) is 0.430. The second-order valence-electron chi connectivity index (χ2n) is 1.75. The number of halogens is 2. The van der Waals surface area contributed by atoms with Crippen LogP contribution in [0.4, 0.5) is 0 Å². The minimum atomic E-state index is 0.258. The third-order valence-corrected chi connectivity index (χ3v) is 1.58. The monoisotopic (exact) mass is 180 g/mol. The highest BCUT2D eigenvalue weighted by Gasteiger charge is 2.01. The van der Waals surface area contributed by atoms with Gasteiger partial charge in [-0.15, -0.1) is 0 Å². The van der Waals surface area contributed by atoms with Crippen molar-refractivity contribution in [3.05, 3.63) is 17.2 Å². The maximum atomic E-state index is 5.53. The van der Waals surface area contributed by atoms with Crippen LogP contribution in [-0.2, 0) is 11.3 Å². The van der Waals surface area contributed by atoms with Gasteiger partial charge in [0.1, 0.15) is 0 Å². The van der Waals surface area contributed by atoms with E-state index in [1.807, 2.05) is 0 Å². The van der Waals surface area contributed by atoms with Crippen LogP contribution in [0.1, 0.15) is 5.69 Å². The van der Waals surface area contributed by atoms with Gasteiger partial charge in [-0.05, 0) is 11.6 Å². The van der Waals surface area contributed by atoms with Crippen LogP contribution < -0.4 is 0 Å². The number of ether oxygens (including phenoxy) is 1. The van der Waals surface area contributed by atoms with Crippen LogP contribution in [0.5, 0.6) is 0 Å². The largest absolute Gasteiger partial charge is 0.378 e. The van der Waals surface area contributed by atoms with Crippen LogP contribution in [0.2, 0.25) is 5.28 Å². The summed E-state index contributed by atoms with van der Waals surface area (Å²) in [5.74, 6) is 0. The van der Waals surface area contributed by atoms with Crippen LogP contribution >= 0.6 is 23.4 Å². The van der Waals surface area contributed by atoms with Crippen LogP contribution in [0.3, 0.4) is 0 Å². The van der Waals surface area contributed by atoms with Gasteiger partial charge in [-0.3, -0.25) is 0 Å². The molecule has 3 nitrogen and oxygen atoms in total. The molecule has 0 amide bonds. The van der Waals surface area contributed by atoms with Crippen molar-refractivity contribution in [2.45, 2.75) is 6.61 Å². The lowest BCUT2D eigenvalue weighted by Gasteiger charge is -1.88. The molecule has 0 aromatic carbocycles. The van der Waals surface area contributed by atoms with Gasteiger partial charge in [0.25, 0.3) is 0 Å². The molecular formula is C5H6Cl2N2O. The number of nitrogens with zero attached hydrogens (tertiary/aromatic N) is 2. The van der Waals surface area contributed by atoms with Gasteiger partial charge in [0, 0.05) is 25.1 Å². The number of methoxy groups -OCH3 is 1. The Hall–Kier alpha value is -0.250. The molecule has 0 fully saturated rings. The van der Waals surface area contributed by atoms with E-state index in [9.17, 15) is 0 Å². The third kappa shape index (κ3) is 1.62. The predicted octanol–water partition coefficient (Wildman–Crippen LogP) is 1.68. The molecule has 0 aliphatic rings. The first kappa shape index (κ1) is 7.85. The van der Waals surface area contributed by atoms with Crippen molar-refractivity contribution >= 4 is 23.4 Å². The Morgan fingerprint density at radius 1 is 1.80 bits per heavy atom. The van der Waals surface area contributed by atoms with Crippen molar-refractivity contribution in [1.82, 2.24) is 9.07 Å². The van der Waals surface area contributed by atoms with Crippen molar-refractivity contribution in [3.8, 4) is 0 Å². The summed E-state index contributed by atoms with van der Waals surface area (Å²) in [6.07, 6.45) is 1.60. The molecule has 0 saturated carbocycles. The number of aromatic nitrogens is 2. The normalized spacial score (nSPS) is 10.3. The summed E-state index contributed by atoms with van der Waals surface area (Å²) in [5.41, 5.74) is 0.725. The van der Waals surface area contributed by atoms with Crippen molar-refractivity contribution in [2.75, 3.05) is 7.11 Å². The van der Waals surface area contributed by atoms with E-state index in [0.29, 0.717) is 6.61 Å². The minimum absolute atomic E-state index is 0.258. The molecule has 1 aromatic rings. The summed E-state index contributed by atoms with van der Waals surface area (Å²) >= 11 is 11.1. The first-order valence-corrected chi connectivity index (χ1v) is 3.34. The maximum absolute atomic E-state index is 5.53. The van der Waals surface area contributed by atoms with Crippen LogP contribution in [-0.4, -0.2) is 16.2 Å². The highest BCUT2D eigenvalue weighted by Crippen LogP contribution is 2.10. The molecule has 0 N–H and O–H groups in total. The molecule has 0 spiro atoms. The van der Waals surface area contributed by atoms with Gasteiger partial charge in [0.05, 0.1) is 12.3 Å². The van der Waals surface area contributed by atoms with Gasteiger partial charge in [0.15, 0.2) is 0 Å². The summed E-state index contributed by atoms with van der Waals surface area (Å²) in [5, 5.41) is 0.258. The lowest BCUT2D eigenvalue weighted by molar-refractivity contribution is 0.182. The van der Waals surface area contributed by atoms with Crippen molar-refractivity contribution in [2.24, 2.45) is 0 Å². The number of hydrogen-bond donors (Lipinski definition) is 0. The first-order chi connectivity index (χ1) is 4.74. The molecule has 56 valence electrons. The summed E-state index contributed by atoms with van der Waals surface area (Å²) < 4.78 is 6.02. The molecule has 1 heterocycles. The van der Waals surface area contributed by atoms with Gasteiger partial charge in [-0.25, -0.2) is 9.07 Å². The van der Waals surface area contributed by atoms with Crippen LogP contribution in [0.25, 0.3) is 0 Å². The zero-order valence-corrected chi connectivity index (χ0v) is 6.85. The van der Waals surface area contributed by atoms with Gasteiger partial charge in [-0.1, -0.05) is 0 Å². The number of rotatable bonds is 2. The highest BCUT2D eigenvalue weighted by atomic mass is 35.5. The molecule has 0 radical (unpaired) electrons. The van der Waals surface area contributed by atoms with Gasteiger partial charge in [-0.2, -0.15) is 0 Å². The average molecular weight is 181 g/mol. The van der Waals surface area contributed by atoms with E-state index in [0.717, 1.165) is 5.69 Å². The van der Waals surface area contributed by atoms with Crippen LogP contribution in [0.15, 0.2) is 6.20 Å². The molecule has 0 aliphatic heterocycles. The highest BCUT2D eigenvalue weighted by molar-refractivity contribution is 6.32. The second kappa shape index (κ2) is 3.23. The fourth-order valence-electron chi connectivity index (χ4n) is 0.597.